The first-order valence-electron chi connectivity index (χ1n) is 12.2. The van der Waals surface area contributed by atoms with Crippen LogP contribution in [0.2, 0.25) is 5.02 Å². The molecule has 0 radical (unpaired) electrons. The summed E-state index contributed by atoms with van der Waals surface area (Å²) in [5.74, 6) is -1.35. The molecule has 1 N–H and O–H groups in total. The minimum absolute atomic E-state index is 0.0142. The second-order valence-corrected chi connectivity index (χ2v) is 11.4. The van der Waals surface area contributed by atoms with Crippen molar-refractivity contribution in [3.63, 3.8) is 0 Å². The Hall–Kier alpha value is -3.24. The van der Waals surface area contributed by atoms with Crippen molar-refractivity contribution < 1.29 is 27.5 Å². The zero-order chi connectivity index (χ0) is 27.3. The van der Waals surface area contributed by atoms with Gasteiger partial charge in [0.15, 0.2) is 6.61 Å². The van der Waals surface area contributed by atoms with Gasteiger partial charge >= 0.3 is 5.97 Å². The van der Waals surface area contributed by atoms with E-state index in [0.29, 0.717) is 0 Å². The SMILES string of the molecule is C[C@@H]1CN(S(=O)(=O)c2cc(C(=O)OCC(=O)NC(c3ccccc3)c3ccccc3)ccc2Cl)C[C@@H](C)O1. The minimum atomic E-state index is -3.99. The van der Waals surface area contributed by atoms with E-state index < -0.39 is 34.5 Å². The predicted octanol–water partition coefficient (Wildman–Crippen LogP) is 4.20. The molecule has 0 aliphatic carbocycles. The lowest BCUT2D eigenvalue weighted by atomic mass is 9.99. The first-order valence-corrected chi connectivity index (χ1v) is 14.0. The second-order valence-electron chi connectivity index (χ2n) is 9.12. The first-order chi connectivity index (χ1) is 18.1. The van der Waals surface area contributed by atoms with Crippen molar-refractivity contribution in [1.82, 2.24) is 9.62 Å². The van der Waals surface area contributed by atoms with Crippen molar-refractivity contribution >= 4 is 33.5 Å². The van der Waals surface area contributed by atoms with Crippen LogP contribution in [0, 0.1) is 0 Å². The maximum absolute atomic E-state index is 13.3. The summed E-state index contributed by atoms with van der Waals surface area (Å²) in [6.07, 6.45) is -0.566. The number of sulfonamides is 1. The zero-order valence-corrected chi connectivity index (χ0v) is 22.6. The van der Waals surface area contributed by atoms with Gasteiger partial charge in [0.2, 0.25) is 10.0 Å². The lowest BCUT2D eigenvalue weighted by Crippen LogP contribution is -2.48. The molecule has 0 saturated carbocycles. The van der Waals surface area contributed by atoms with Crippen LogP contribution in [-0.4, -0.2) is 56.5 Å². The van der Waals surface area contributed by atoms with Crippen molar-refractivity contribution in [3.8, 4) is 0 Å². The van der Waals surface area contributed by atoms with E-state index in [-0.39, 0.29) is 40.8 Å². The monoisotopic (exact) mass is 556 g/mol. The van der Waals surface area contributed by atoms with Gasteiger partial charge in [-0.1, -0.05) is 72.3 Å². The van der Waals surface area contributed by atoms with Crippen molar-refractivity contribution in [3.05, 3.63) is 101 Å². The Morgan fingerprint density at radius 2 is 1.53 bits per heavy atom. The van der Waals surface area contributed by atoms with Crippen molar-refractivity contribution in [1.29, 1.82) is 0 Å². The van der Waals surface area contributed by atoms with Gasteiger partial charge in [0.25, 0.3) is 5.91 Å². The van der Waals surface area contributed by atoms with E-state index in [2.05, 4.69) is 5.32 Å². The summed E-state index contributed by atoms with van der Waals surface area (Å²) < 4.78 is 38.7. The normalized spacial score (nSPS) is 18.2. The Morgan fingerprint density at radius 1 is 0.974 bits per heavy atom. The number of ether oxygens (including phenoxy) is 2. The molecule has 1 aliphatic rings. The molecule has 8 nitrogen and oxygen atoms in total. The number of esters is 1. The molecule has 1 saturated heterocycles. The van der Waals surface area contributed by atoms with Gasteiger partial charge in [-0.3, -0.25) is 4.79 Å². The highest BCUT2D eigenvalue weighted by Gasteiger charge is 2.34. The van der Waals surface area contributed by atoms with Gasteiger partial charge in [-0.15, -0.1) is 0 Å². The molecular weight excluding hydrogens is 528 g/mol. The molecule has 0 spiro atoms. The molecule has 4 rings (SSSR count). The number of benzene rings is 3. The van der Waals surface area contributed by atoms with Gasteiger partial charge in [-0.25, -0.2) is 13.2 Å². The number of carbonyl (C=O) groups excluding carboxylic acids is 2. The molecule has 3 aromatic rings. The Morgan fingerprint density at radius 3 is 2.08 bits per heavy atom. The van der Waals surface area contributed by atoms with E-state index in [1.54, 1.807) is 13.8 Å². The molecule has 0 unspecified atom stereocenters. The number of amides is 1. The Bertz CT molecular complexity index is 1340. The van der Waals surface area contributed by atoms with Crippen LogP contribution in [0.3, 0.4) is 0 Å². The summed E-state index contributed by atoms with van der Waals surface area (Å²) in [7, 11) is -3.99. The Labute approximate surface area is 227 Å². The number of halogens is 1. The fraction of sp³-hybridized carbons (Fsp3) is 0.286. The number of hydrogen-bond donors (Lipinski definition) is 1. The summed E-state index contributed by atoms with van der Waals surface area (Å²) in [6.45, 7) is 3.37. The van der Waals surface area contributed by atoms with E-state index in [4.69, 9.17) is 21.1 Å². The number of nitrogens with one attached hydrogen (secondary N) is 1. The Balaban J connectivity index is 1.46. The third-order valence-electron chi connectivity index (χ3n) is 6.08. The first kappa shape index (κ1) is 27.8. The summed E-state index contributed by atoms with van der Waals surface area (Å²) >= 11 is 6.23. The molecule has 38 heavy (non-hydrogen) atoms. The average Bonchev–Trinajstić information content (AvgIpc) is 2.91. The third kappa shape index (κ3) is 6.60. The molecule has 1 aliphatic heterocycles. The fourth-order valence-corrected chi connectivity index (χ4v) is 6.45. The molecule has 2 atom stereocenters. The van der Waals surface area contributed by atoms with E-state index >= 15 is 0 Å². The number of hydrogen-bond acceptors (Lipinski definition) is 6. The van der Waals surface area contributed by atoms with Gasteiger partial charge < -0.3 is 14.8 Å². The summed E-state index contributed by atoms with van der Waals surface area (Å²) in [4.78, 5) is 25.3. The van der Waals surface area contributed by atoms with Gasteiger partial charge in [-0.2, -0.15) is 4.31 Å². The van der Waals surface area contributed by atoms with Crippen molar-refractivity contribution in [2.24, 2.45) is 0 Å². The second kappa shape index (κ2) is 12.1. The molecule has 1 fully saturated rings. The molecule has 0 bridgehead atoms. The van der Waals surface area contributed by atoms with Crippen LogP contribution >= 0.6 is 11.6 Å². The predicted molar refractivity (Wildman–Crippen MR) is 143 cm³/mol. The molecular formula is C28H29ClN2O6S. The van der Waals surface area contributed by atoms with Gasteiger partial charge in [-0.05, 0) is 43.2 Å². The molecule has 1 heterocycles. The molecule has 1 amide bonds. The molecule has 10 heteroatoms. The summed E-state index contributed by atoms with van der Waals surface area (Å²) in [5.41, 5.74) is 1.72. The van der Waals surface area contributed by atoms with Crippen LogP contribution in [0.1, 0.15) is 41.4 Å². The maximum atomic E-state index is 13.3. The topological polar surface area (TPSA) is 102 Å². The van der Waals surface area contributed by atoms with Crippen molar-refractivity contribution in [2.45, 2.75) is 37.0 Å². The fourth-order valence-electron chi connectivity index (χ4n) is 4.36. The van der Waals surface area contributed by atoms with Crippen LogP contribution in [0.5, 0.6) is 0 Å². The van der Waals surface area contributed by atoms with E-state index in [1.807, 2.05) is 60.7 Å². The maximum Gasteiger partial charge on any atom is 0.338 e. The van der Waals surface area contributed by atoms with E-state index in [9.17, 15) is 18.0 Å². The quantitative estimate of drug-likeness (QED) is 0.417. The summed E-state index contributed by atoms with van der Waals surface area (Å²) in [5, 5.41) is 2.89. The van der Waals surface area contributed by atoms with Gasteiger partial charge in [0.05, 0.1) is 28.8 Å². The third-order valence-corrected chi connectivity index (χ3v) is 8.39. The van der Waals surface area contributed by atoms with Crippen LogP contribution < -0.4 is 5.32 Å². The molecule has 3 aromatic carbocycles. The van der Waals surface area contributed by atoms with Crippen molar-refractivity contribution in [2.75, 3.05) is 19.7 Å². The van der Waals surface area contributed by atoms with Crippen LogP contribution in [-0.2, 0) is 24.3 Å². The largest absolute Gasteiger partial charge is 0.452 e. The van der Waals surface area contributed by atoms with Crippen LogP contribution in [0.4, 0.5) is 0 Å². The zero-order valence-electron chi connectivity index (χ0n) is 21.0. The van der Waals surface area contributed by atoms with E-state index in [1.165, 1.54) is 22.5 Å². The van der Waals surface area contributed by atoms with Gasteiger partial charge in [0.1, 0.15) is 4.90 Å². The number of rotatable bonds is 8. The number of morpholine rings is 1. The molecule has 200 valence electrons. The minimum Gasteiger partial charge on any atom is -0.452 e. The Kier molecular flexibility index (Phi) is 8.83. The van der Waals surface area contributed by atoms with Crippen LogP contribution in [0.25, 0.3) is 0 Å². The van der Waals surface area contributed by atoms with Gasteiger partial charge in [0, 0.05) is 13.1 Å². The summed E-state index contributed by atoms with van der Waals surface area (Å²) in [6, 6.07) is 22.3. The average molecular weight is 557 g/mol. The standard InChI is InChI=1S/C28H29ClN2O6S/c1-19-16-31(17-20(2)37-19)38(34,35)25-15-23(13-14-24(25)29)28(33)36-18-26(32)30-27(21-9-5-3-6-10-21)22-11-7-4-8-12-22/h3-15,19-20,27H,16-18H2,1-2H3,(H,30,32)/t19-,20-/m1/s1. The van der Waals surface area contributed by atoms with E-state index in [0.717, 1.165) is 11.1 Å². The molecule has 0 aromatic heterocycles. The number of nitrogens with zero attached hydrogens (tertiary/aromatic N) is 1. The van der Waals surface area contributed by atoms with Crippen LogP contribution in [0.15, 0.2) is 83.8 Å². The smallest absolute Gasteiger partial charge is 0.338 e. The number of carbonyl (C=O) groups is 2. The lowest BCUT2D eigenvalue weighted by Gasteiger charge is -2.34. The highest BCUT2D eigenvalue weighted by atomic mass is 35.5. The highest BCUT2D eigenvalue weighted by molar-refractivity contribution is 7.89. The highest BCUT2D eigenvalue weighted by Crippen LogP contribution is 2.28. The lowest BCUT2D eigenvalue weighted by molar-refractivity contribution is -0.124.